The molecule has 1 heterocycles. The number of rotatable bonds is 5. The highest BCUT2D eigenvalue weighted by molar-refractivity contribution is 9.10. The van der Waals surface area contributed by atoms with Gasteiger partial charge in [0.05, 0.1) is 23.6 Å². The molecule has 1 N–H and O–H groups in total. The van der Waals surface area contributed by atoms with Crippen LogP contribution in [0.15, 0.2) is 65.1 Å². The smallest absolute Gasteiger partial charge is 0.242 e. The number of halogens is 1. The minimum atomic E-state index is -3.60. The van der Waals surface area contributed by atoms with Crippen molar-refractivity contribution in [2.75, 3.05) is 5.75 Å². The number of aromatic nitrogens is 1. The number of benzene rings is 2. The summed E-state index contributed by atoms with van der Waals surface area (Å²) in [5.41, 5.74) is 1.87. The predicted octanol–water partition coefficient (Wildman–Crippen LogP) is 3.79. The Morgan fingerprint density at radius 2 is 1.79 bits per heavy atom. The van der Waals surface area contributed by atoms with Gasteiger partial charge in [-0.1, -0.05) is 58.4 Å². The van der Waals surface area contributed by atoms with Gasteiger partial charge in [0, 0.05) is 9.86 Å². The molecule has 6 heteroatoms. The molecular formula is C18H16BrNO3S. The maximum atomic E-state index is 12.7. The molecule has 0 bridgehead atoms. The summed E-state index contributed by atoms with van der Waals surface area (Å²) in [4.78, 5) is 0. The van der Waals surface area contributed by atoms with Crippen LogP contribution >= 0.6 is 15.9 Å². The summed E-state index contributed by atoms with van der Waals surface area (Å²) in [5.74, 6) is -0.144. The van der Waals surface area contributed by atoms with E-state index in [1.165, 1.54) is 3.97 Å². The molecule has 4 nitrogen and oxygen atoms in total. The molecule has 0 saturated heterocycles. The number of hydrogen-bond acceptors (Lipinski definition) is 3. The molecule has 124 valence electrons. The third-order valence-electron chi connectivity index (χ3n) is 3.67. The first-order valence-electron chi connectivity index (χ1n) is 7.37. The standard InChI is InChI=1S/C18H16BrNO3S/c19-16-9-7-14(8-10-16)4-3-11-24(22,23)20-17(13-21)12-15-5-1-2-6-18(15)20/h1-10,12,21H,11,13H2. The van der Waals surface area contributed by atoms with Crippen LogP contribution in [0, 0.1) is 0 Å². The van der Waals surface area contributed by atoms with Crippen molar-refractivity contribution >= 4 is 42.9 Å². The van der Waals surface area contributed by atoms with Crippen molar-refractivity contribution in [2.45, 2.75) is 6.61 Å². The quantitative estimate of drug-likeness (QED) is 0.702. The number of aliphatic hydroxyl groups excluding tert-OH is 1. The maximum absolute atomic E-state index is 12.7. The van der Waals surface area contributed by atoms with E-state index in [0.29, 0.717) is 11.2 Å². The van der Waals surface area contributed by atoms with Crippen LogP contribution in [0.4, 0.5) is 0 Å². The van der Waals surface area contributed by atoms with Crippen LogP contribution in [0.2, 0.25) is 0 Å². The summed E-state index contributed by atoms with van der Waals surface area (Å²) >= 11 is 3.36. The molecule has 3 rings (SSSR count). The van der Waals surface area contributed by atoms with E-state index in [-0.39, 0.29) is 12.4 Å². The molecule has 0 aliphatic heterocycles. The number of fused-ring (bicyclic) bond motifs is 1. The van der Waals surface area contributed by atoms with Crippen molar-refractivity contribution < 1.29 is 13.5 Å². The third-order valence-corrected chi connectivity index (χ3v) is 5.80. The lowest BCUT2D eigenvalue weighted by Crippen LogP contribution is -2.17. The van der Waals surface area contributed by atoms with Crippen molar-refractivity contribution in [1.82, 2.24) is 3.97 Å². The summed E-state index contributed by atoms with van der Waals surface area (Å²) in [7, 11) is -3.60. The van der Waals surface area contributed by atoms with Gasteiger partial charge in [-0.3, -0.25) is 0 Å². The highest BCUT2D eigenvalue weighted by atomic mass is 79.9. The highest BCUT2D eigenvalue weighted by Crippen LogP contribution is 2.22. The first kappa shape index (κ1) is 17.0. The van der Waals surface area contributed by atoms with E-state index < -0.39 is 10.0 Å². The molecule has 0 unspecified atom stereocenters. The van der Waals surface area contributed by atoms with Crippen LogP contribution in [-0.4, -0.2) is 23.2 Å². The second kappa shape index (κ2) is 6.93. The number of hydrogen-bond donors (Lipinski definition) is 1. The average molecular weight is 406 g/mol. The zero-order chi connectivity index (χ0) is 17.2. The van der Waals surface area contributed by atoms with Gasteiger partial charge in [0.2, 0.25) is 10.0 Å². The summed E-state index contributed by atoms with van der Waals surface area (Å²) in [6.45, 7) is -0.329. The minimum Gasteiger partial charge on any atom is -0.390 e. The fraction of sp³-hybridized carbons (Fsp3) is 0.111. The third kappa shape index (κ3) is 3.45. The second-order valence-electron chi connectivity index (χ2n) is 5.35. The second-order valence-corrected chi connectivity index (χ2v) is 8.13. The molecular weight excluding hydrogens is 390 g/mol. The SMILES string of the molecule is O=S(=O)(CC=Cc1ccc(Br)cc1)n1c(CO)cc2ccccc21. The largest absolute Gasteiger partial charge is 0.390 e. The van der Waals surface area contributed by atoms with E-state index in [9.17, 15) is 13.5 Å². The Kier molecular flexibility index (Phi) is 4.89. The van der Waals surface area contributed by atoms with Crippen LogP contribution in [0.25, 0.3) is 17.0 Å². The zero-order valence-corrected chi connectivity index (χ0v) is 15.2. The molecule has 0 amide bonds. The maximum Gasteiger partial charge on any atom is 0.242 e. The van der Waals surface area contributed by atoms with Crippen LogP contribution in [0.1, 0.15) is 11.3 Å². The number of para-hydroxylation sites is 1. The van der Waals surface area contributed by atoms with Gasteiger partial charge in [-0.25, -0.2) is 12.4 Å². The Morgan fingerprint density at radius 3 is 2.50 bits per heavy atom. The first-order chi connectivity index (χ1) is 11.5. The summed E-state index contributed by atoms with van der Waals surface area (Å²) in [5, 5.41) is 10.3. The van der Waals surface area contributed by atoms with Crippen LogP contribution in [0.5, 0.6) is 0 Å². The predicted molar refractivity (Wildman–Crippen MR) is 100 cm³/mol. The average Bonchev–Trinajstić information content (AvgIpc) is 2.96. The monoisotopic (exact) mass is 405 g/mol. The topological polar surface area (TPSA) is 59.3 Å². The normalized spacial score (nSPS) is 12.2. The molecule has 0 aliphatic carbocycles. The first-order valence-corrected chi connectivity index (χ1v) is 9.77. The number of nitrogens with zero attached hydrogens (tertiary/aromatic N) is 1. The van der Waals surface area contributed by atoms with Crippen LogP contribution < -0.4 is 0 Å². The van der Waals surface area contributed by atoms with Gasteiger partial charge in [-0.15, -0.1) is 0 Å². The van der Waals surface area contributed by atoms with Crippen molar-refractivity contribution in [3.05, 3.63) is 76.4 Å². The lowest BCUT2D eigenvalue weighted by atomic mass is 10.2. The van der Waals surface area contributed by atoms with Crippen LogP contribution in [-0.2, 0) is 16.6 Å². The Hall–Kier alpha value is -1.89. The lowest BCUT2D eigenvalue weighted by Gasteiger charge is -2.09. The van der Waals surface area contributed by atoms with Gasteiger partial charge in [0.25, 0.3) is 0 Å². The molecule has 2 aromatic carbocycles. The molecule has 0 aliphatic rings. The summed E-state index contributed by atoms with van der Waals surface area (Å²) in [6.07, 6.45) is 3.39. The summed E-state index contributed by atoms with van der Waals surface area (Å²) in [6, 6.07) is 16.5. The molecule has 0 spiro atoms. The summed E-state index contributed by atoms with van der Waals surface area (Å²) < 4.78 is 27.7. The number of aliphatic hydroxyl groups is 1. The van der Waals surface area contributed by atoms with Gasteiger partial charge >= 0.3 is 0 Å². The van der Waals surface area contributed by atoms with Gasteiger partial charge in [-0.05, 0) is 29.8 Å². The Labute approximate surface area is 149 Å². The van der Waals surface area contributed by atoms with E-state index >= 15 is 0 Å². The molecule has 1 aromatic heterocycles. The van der Waals surface area contributed by atoms with Gasteiger partial charge in [-0.2, -0.15) is 0 Å². The molecule has 3 aromatic rings. The Balaban J connectivity index is 1.92. The van der Waals surface area contributed by atoms with Crippen molar-refractivity contribution in [1.29, 1.82) is 0 Å². The molecule has 0 atom stereocenters. The molecule has 0 radical (unpaired) electrons. The fourth-order valence-corrected chi connectivity index (χ4v) is 4.27. The van der Waals surface area contributed by atoms with E-state index in [1.54, 1.807) is 30.4 Å². The van der Waals surface area contributed by atoms with Crippen LogP contribution in [0.3, 0.4) is 0 Å². The lowest BCUT2D eigenvalue weighted by molar-refractivity contribution is 0.276. The Morgan fingerprint density at radius 1 is 1.08 bits per heavy atom. The molecule has 24 heavy (non-hydrogen) atoms. The van der Waals surface area contributed by atoms with Crippen molar-refractivity contribution in [2.24, 2.45) is 0 Å². The minimum absolute atomic E-state index is 0.144. The van der Waals surface area contributed by atoms with Gasteiger partial charge < -0.3 is 5.11 Å². The van der Waals surface area contributed by atoms with E-state index in [4.69, 9.17) is 0 Å². The van der Waals surface area contributed by atoms with Gasteiger partial charge in [0.1, 0.15) is 0 Å². The van der Waals surface area contributed by atoms with Crippen molar-refractivity contribution in [3.63, 3.8) is 0 Å². The van der Waals surface area contributed by atoms with E-state index in [0.717, 1.165) is 15.4 Å². The van der Waals surface area contributed by atoms with Crippen molar-refractivity contribution in [3.8, 4) is 0 Å². The van der Waals surface area contributed by atoms with E-state index in [1.807, 2.05) is 36.4 Å². The Bertz CT molecular complexity index is 989. The molecule has 0 saturated carbocycles. The zero-order valence-electron chi connectivity index (χ0n) is 12.8. The van der Waals surface area contributed by atoms with E-state index in [2.05, 4.69) is 15.9 Å². The van der Waals surface area contributed by atoms with Gasteiger partial charge in [0.15, 0.2) is 0 Å². The fourth-order valence-electron chi connectivity index (χ4n) is 2.58. The highest BCUT2D eigenvalue weighted by Gasteiger charge is 2.18. The molecule has 0 fully saturated rings.